The van der Waals surface area contributed by atoms with Crippen molar-refractivity contribution in [3.05, 3.63) is 129 Å². The van der Waals surface area contributed by atoms with Crippen LogP contribution in [0.25, 0.3) is 21.5 Å². The van der Waals surface area contributed by atoms with Gasteiger partial charge >= 0.3 is 0 Å². The first kappa shape index (κ1) is 42.1. The lowest BCUT2D eigenvalue weighted by Crippen LogP contribution is -2.59. The van der Waals surface area contributed by atoms with E-state index < -0.39 is 53.7 Å². The first-order chi connectivity index (χ1) is 27.3. The monoisotopic (exact) mass is 882 g/mol. The zero-order chi connectivity index (χ0) is 40.9. The van der Waals surface area contributed by atoms with E-state index in [9.17, 15) is 24.0 Å². The van der Waals surface area contributed by atoms with E-state index in [1.165, 1.54) is 6.92 Å². The van der Waals surface area contributed by atoms with Crippen LogP contribution < -0.4 is 38.5 Å². The van der Waals surface area contributed by atoms with E-state index in [0.717, 1.165) is 41.8 Å². The summed E-state index contributed by atoms with van der Waals surface area (Å²) in [5.41, 5.74) is 18.9. The molecule has 14 heteroatoms. The van der Waals surface area contributed by atoms with Crippen LogP contribution >= 0.6 is 22.6 Å². The van der Waals surface area contributed by atoms with Crippen molar-refractivity contribution in [3.8, 4) is 0 Å². The van der Waals surface area contributed by atoms with E-state index >= 15 is 0 Å². The lowest BCUT2D eigenvalue weighted by Gasteiger charge is -2.26. The summed E-state index contributed by atoms with van der Waals surface area (Å²) in [6, 6.07) is 30.1. The van der Waals surface area contributed by atoms with E-state index in [1.54, 1.807) is 0 Å². The first-order valence-electron chi connectivity index (χ1n) is 18.6. The topological polar surface area (TPSA) is 224 Å². The molecular weight excluding hydrogens is 835 g/mol. The SMILES string of the molecule is CC(=O)N[C@H](Cc1ccc(I)cc1)C(=O)N[C@H](Cc1ccc2ccccc2c1)C(=O)N[C@@H](Cc1ccc2ccccc2c1)C(=O)N[C@@H](CCCN=C(N)N)C(N)=O. The predicted molar refractivity (Wildman–Crippen MR) is 231 cm³/mol. The van der Waals surface area contributed by atoms with Crippen LogP contribution in [0.2, 0.25) is 0 Å². The Kier molecular flexibility index (Phi) is 14.9. The lowest BCUT2D eigenvalue weighted by atomic mass is 9.98. The lowest BCUT2D eigenvalue weighted by molar-refractivity contribution is -0.134. The third-order valence-electron chi connectivity index (χ3n) is 9.43. The normalized spacial score (nSPS) is 13.1. The Morgan fingerprint density at radius 2 is 0.982 bits per heavy atom. The van der Waals surface area contributed by atoms with Crippen LogP contribution in [-0.2, 0) is 43.2 Å². The van der Waals surface area contributed by atoms with Crippen LogP contribution in [0.5, 0.6) is 0 Å². The number of carbonyl (C=O) groups excluding carboxylic acids is 5. The van der Waals surface area contributed by atoms with Gasteiger partial charge in [0.15, 0.2) is 5.96 Å². The van der Waals surface area contributed by atoms with Crippen molar-refractivity contribution in [2.75, 3.05) is 6.54 Å². The number of guanidine groups is 1. The summed E-state index contributed by atoms with van der Waals surface area (Å²) in [6.07, 6.45) is 0.806. The van der Waals surface area contributed by atoms with Gasteiger partial charge in [-0.05, 0) is 85.8 Å². The molecule has 0 saturated heterocycles. The highest BCUT2D eigenvalue weighted by molar-refractivity contribution is 14.1. The van der Waals surface area contributed by atoms with Crippen molar-refractivity contribution in [3.63, 3.8) is 0 Å². The number of halogens is 1. The molecule has 57 heavy (non-hydrogen) atoms. The number of hydrogen-bond acceptors (Lipinski definition) is 6. The van der Waals surface area contributed by atoms with E-state index in [0.29, 0.717) is 6.42 Å². The molecule has 0 aliphatic carbocycles. The minimum atomic E-state index is -1.19. The number of nitrogens with zero attached hydrogens (tertiary/aromatic N) is 1. The summed E-state index contributed by atoms with van der Waals surface area (Å²) in [5, 5.41) is 15.1. The molecule has 296 valence electrons. The van der Waals surface area contributed by atoms with Gasteiger partial charge < -0.3 is 38.5 Å². The Bertz CT molecular complexity index is 2260. The fourth-order valence-corrected chi connectivity index (χ4v) is 6.90. The summed E-state index contributed by atoms with van der Waals surface area (Å²) in [5.74, 6) is -3.14. The van der Waals surface area contributed by atoms with E-state index in [4.69, 9.17) is 17.2 Å². The molecule has 5 aromatic carbocycles. The zero-order valence-corrected chi connectivity index (χ0v) is 33.7. The molecule has 4 atom stereocenters. The third kappa shape index (κ3) is 12.7. The van der Waals surface area contributed by atoms with E-state index in [1.807, 2.05) is 109 Å². The van der Waals surface area contributed by atoms with Gasteiger partial charge in [-0.15, -0.1) is 0 Å². The van der Waals surface area contributed by atoms with Gasteiger partial charge in [-0.1, -0.05) is 97.1 Å². The van der Waals surface area contributed by atoms with Crippen LogP contribution in [0.1, 0.15) is 36.5 Å². The van der Waals surface area contributed by atoms with Gasteiger partial charge in [-0.3, -0.25) is 29.0 Å². The average molecular weight is 883 g/mol. The van der Waals surface area contributed by atoms with Crippen LogP contribution in [0.15, 0.2) is 114 Å². The molecule has 0 bridgehead atoms. The highest BCUT2D eigenvalue weighted by Crippen LogP contribution is 2.19. The zero-order valence-electron chi connectivity index (χ0n) is 31.5. The number of nitrogens with one attached hydrogen (secondary N) is 4. The molecule has 10 N–H and O–H groups in total. The molecule has 0 heterocycles. The minimum absolute atomic E-state index is 0.0554. The second-order valence-electron chi connectivity index (χ2n) is 13.9. The number of hydrogen-bond donors (Lipinski definition) is 7. The van der Waals surface area contributed by atoms with Crippen molar-refractivity contribution in [1.82, 2.24) is 21.3 Å². The number of benzene rings is 5. The molecule has 0 aliphatic rings. The third-order valence-corrected chi connectivity index (χ3v) is 10.1. The molecule has 13 nitrogen and oxygen atoms in total. The molecule has 0 radical (unpaired) electrons. The molecule has 0 spiro atoms. The highest BCUT2D eigenvalue weighted by atomic mass is 127. The van der Waals surface area contributed by atoms with Gasteiger partial charge in [0.1, 0.15) is 24.2 Å². The molecule has 0 unspecified atom stereocenters. The summed E-state index contributed by atoms with van der Waals surface area (Å²) in [7, 11) is 0. The minimum Gasteiger partial charge on any atom is -0.370 e. The van der Waals surface area contributed by atoms with Gasteiger partial charge in [-0.2, -0.15) is 0 Å². The van der Waals surface area contributed by atoms with E-state index in [-0.39, 0.29) is 38.2 Å². The Labute approximate surface area is 344 Å². The molecule has 5 aromatic rings. The number of amides is 5. The highest BCUT2D eigenvalue weighted by Gasteiger charge is 2.31. The number of rotatable bonds is 18. The summed E-state index contributed by atoms with van der Waals surface area (Å²) in [4.78, 5) is 71.3. The molecule has 5 rings (SSSR count). The fourth-order valence-electron chi connectivity index (χ4n) is 6.54. The first-order valence-corrected chi connectivity index (χ1v) is 19.6. The molecule has 0 saturated carbocycles. The van der Waals surface area contributed by atoms with Gasteiger partial charge in [0.2, 0.25) is 29.5 Å². The van der Waals surface area contributed by atoms with Crippen molar-refractivity contribution in [2.24, 2.45) is 22.2 Å². The summed E-state index contributed by atoms with van der Waals surface area (Å²) >= 11 is 2.19. The average Bonchev–Trinajstić information content (AvgIpc) is 3.18. The number of fused-ring (bicyclic) bond motifs is 2. The molecule has 5 amide bonds. The Morgan fingerprint density at radius 3 is 1.44 bits per heavy atom. The van der Waals surface area contributed by atoms with Gasteiger partial charge in [0.25, 0.3) is 0 Å². The molecule has 0 aromatic heterocycles. The van der Waals surface area contributed by atoms with Gasteiger partial charge in [0, 0.05) is 36.3 Å². The largest absolute Gasteiger partial charge is 0.370 e. The number of primary amides is 1. The molecular formula is C43H47IN8O5. The fraction of sp³-hybridized carbons (Fsp3) is 0.256. The van der Waals surface area contributed by atoms with Crippen LogP contribution in [0.3, 0.4) is 0 Å². The summed E-state index contributed by atoms with van der Waals surface area (Å²) in [6.45, 7) is 1.54. The predicted octanol–water partition coefficient (Wildman–Crippen LogP) is 3.12. The van der Waals surface area contributed by atoms with Crippen LogP contribution in [-0.4, -0.2) is 66.2 Å². The maximum absolute atomic E-state index is 14.5. The second-order valence-corrected chi connectivity index (χ2v) is 15.1. The van der Waals surface area contributed by atoms with Crippen molar-refractivity contribution in [2.45, 2.75) is 63.2 Å². The standard InChI is InChI=1S/C43H47IN8O5/c1-26(53)49-36(23-27-14-18-34(44)19-15-27)40(55)51-38(25-29-13-17-31-8-3-5-10-33(31)22-29)42(57)52-37(24-28-12-16-30-7-2-4-9-32(30)21-28)41(56)50-35(39(45)54)11-6-20-48-43(46)47/h2-5,7-10,12-19,21-22,35-38H,6,11,20,23-25H2,1H3,(H2,45,54)(H,49,53)(H,50,56)(H,51,55)(H,52,57)(H4,46,47,48)/t35-,36+,37-,38+/m0/s1. The maximum Gasteiger partial charge on any atom is 0.243 e. The van der Waals surface area contributed by atoms with Crippen LogP contribution in [0.4, 0.5) is 0 Å². The van der Waals surface area contributed by atoms with Crippen molar-refractivity contribution < 1.29 is 24.0 Å². The van der Waals surface area contributed by atoms with Gasteiger partial charge in [0.05, 0.1) is 0 Å². The Balaban J connectivity index is 1.45. The number of aliphatic imine (C=N–C) groups is 1. The Morgan fingerprint density at radius 1 is 0.561 bits per heavy atom. The van der Waals surface area contributed by atoms with E-state index in [2.05, 4.69) is 48.9 Å². The van der Waals surface area contributed by atoms with Crippen molar-refractivity contribution >= 4 is 79.6 Å². The molecule has 0 aliphatic heterocycles. The van der Waals surface area contributed by atoms with Crippen LogP contribution in [0, 0.1) is 3.57 Å². The number of nitrogens with two attached hydrogens (primary N) is 3. The quantitative estimate of drug-likeness (QED) is 0.0301. The molecule has 0 fully saturated rings. The second kappa shape index (κ2) is 20.2. The van der Waals surface area contributed by atoms with Gasteiger partial charge in [-0.25, -0.2) is 0 Å². The Hall–Kier alpha value is -6.03. The summed E-state index contributed by atoms with van der Waals surface area (Å²) < 4.78 is 1.01. The van der Waals surface area contributed by atoms with Crippen molar-refractivity contribution in [1.29, 1.82) is 0 Å². The maximum atomic E-state index is 14.5. The number of carbonyl (C=O) groups is 5. The smallest absolute Gasteiger partial charge is 0.243 e.